The Morgan fingerprint density at radius 3 is 1.93 bits per heavy atom. The van der Waals surface area contributed by atoms with E-state index in [2.05, 4.69) is 21.2 Å². The number of carbonyl (C=O) groups excluding carboxylic acids is 2. The normalized spacial score (nSPS) is 11.9. The molecule has 4 aromatic carbocycles. The Balaban J connectivity index is 1.77. The average Bonchev–Trinajstić information content (AvgIpc) is 3.03. The van der Waals surface area contributed by atoms with Crippen LogP contribution in [0.25, 0.3) is 0 Å². The van der Waals surface area contributed by atoms with Crippen LogP contribution in [0.5, 0.6) is 0 Å². The van der Waals surface area contributed by atoms with E-state index in [9.17, 15) is 18.0 Å². The molecule has 0 saturated carbocycles. The van der Waals surface area contributed by atoms with Gasteiger partial charge in [0, 0.05) is 24.5 Å². The van der Waals surface area contributed by atoms with E-state index in [0.717, 1.165) is 31.9 Å². The third kappa shape index (κ3) is 7.66. The Bertz CT molecular complexity index is 1580. The van der Waals surface area contributed by atoms with Crippen LogP contribution >= 0.6 is 15.9 Å². The molecule has 0 heterocycles. The minimum absolute atomic E-state index is 0.0731. The lowest BCUT2D eigenvalue weighted by atomic mass is 10.0. The number of rotatable bonds is 12. The first-order chi connectivity index (χ1) is 20.2. The van der Waals surface area contributed by atoms with E-state index < -0.39 is 28.5 Å². The second-order valence-corrected chi connectivity index (χ2v) is 12.6. The van der Waals surface area contributed by atoms with Crippen LogP contribution in [0.3, 0.4) is 0 Å². The summed E-state index contributed by atoms with van der Waals surface area (Å²) < 4.78 is 29.9. The maximum atomic E-state index is 14.3. The van der Waals surface area contributed by atoms with Gasteiger partial charge in [-0.3, -0.25) is 13.9 Å². The topological polar surface area (TPSA) is 86.8 Å². The van der Waals surface area contributed by atoms with Crippen LogP contribution in [0.15, 0.2) is 119 Å². The maximum Gasteiger partial charge on any atom is 0.264 e. The van der Waals surface area contributed by atoms with Crippen molar-refractivity contribution >= 4 is 43.5 Å². The van der Waals surface area contributed by atoms with Gasteiger partial charge in [0.1, 0.15) is 12.6 Å². The first kappa shape index (κ1) is 31.0. The number of amides is 2. The number of aryl methyl sites for hydroxylation is 1. The van der Waals surface area contributed by atoms with Crippen molar-refractivity contribution in [3.05, 3.63) is 130 Å². The van der Waals surface area contributed by atoms with Gasteiger partial charge in [-0.1, -0.05) is 95.7 Å². The zero-order valence-electron chi connectivity index (χ0n) is 23.6. The average molecular weight is 649 g/mol. The number of benzene rings is 4. The Morgan fingerprint density at radius 1 is 0.786 bits per heavy atom. The van der Waals surface area contributed by atoms with E-state index in [1.807, 2.05) is 73.7 Å². The molecule has 1 atom stereocenters. The van der Waals surface area contributed by atoms with E-state index in [1.165, 1.54) is 24.1 Å². The highest BCUT2D eigenvalue weighted by atomic mass is 79.9. The molecule has 0 unspecified atom stereocenters. The number of likely N-dealkylation sites (N-methyl/N-ethyl adjacent to an activating group) is 1. The summed E-state index contributed by atoms with van der Waals surface area (Å²) in [4.78, 5) is 29.1. The Kier molecular flexibility index (Phi) is 10.5. The third-order valence-corrected chi connectivity index (χ3v) is 9.34. The molecule has 0 fully saturated rings. The summed E-state index contributed by atoms with van der Waals surface area (Å²) in [5, 5.41) is 2.70. The van der Waals surface area contributed by atoms with Crippen molar-refractivity contribution in [2.24, 2.45) is 0 Å². The first-order valence-corrected chi connectivity index (χ1v) is 15.9. The van der Waals surface area contributed by atoms with Crippen LogP contribution in [0.2, 0.25) is 0 Å². The first-order valence-electron chi connectivity index (χ1n) is 13.7. The van der Waals surface area contributed by atoms with Crippen LogP contribution in [0.1, 0.15) is 23.6 Å². The second kappa shape index (κ2) is 14.3. The molecule has 0 aliphatic carbocycles. The zero-order valence-corrected chi connectivity index (χ0v) is 26.0. The van der Waals surface area contributed by atoms with Crippen molar-refractivity contribution in [2.45, 2.75) is 37.2 Å². The van der Waals surface area contributed by atoms with Gasteiger partial charge in [-0.2, -0.15) is 0 Å². The fraction of sp³-hybridized carbons (Fsp3) is 0.212. The van der Waals surface area contributed by atoms with Crippen molar-refractivity contribution < 1.29 is 18.0 Å². The lowest BCUT2D eigenvalue weighted by Crippen LogP contribution is -2.53. The minimum atomic E-state index is -4.11. The molecule has 0 bridgehead atoms. The number of nitrogens with one attached hydrogen (secondary N) is 1. The van der Waals surface area contributed by atoms with Gasteiger partial charge in [0.25, 0.3) is 10.0 Å². The van der Waals surface area contributed by atoms with Gasteiger partial charge in [-0.15, -0.1) is 0 Å². The van der Waals surface area contributed by atoms with Gasteiger partial charge in [-0.05, 0) is 59.5 Å². The molecule has 0 radical (unpaired) electrons. The summed E-state index contributed by atoms with van der Waals surface area (Å²) in [6, 6.07) is 31.2. The summed E-state index contributed by atoms with van der Waals surface area (Å²) in [6.45, 7) is 1.65. The summed E-state index contributed by atoms with van der Waals surface area (Å²) in [5.74, 6) is -0.837. The van der Waals surface area contributed by atoms with E-state index in [1.54, 1.807) is 30.3 Å². The monoisotopic (exact) mass is 647 g/mol. The summed E-state index contributed by atoms with van der Waals surface area (Å²) in [7, 11) is -2.58. The van der Waals surface area contributed by atoms with Crippen LogP contribution in [-0.2, 0) is 39.0 Å². The molecule has 0 aliphatic rings. The van der Waals surface area contributed by atoms with Crippen LogP contribution in [0, 0.1) is 0 Å². The fourth-order valence-electron chi connectivity index (χ4n) is 4.65. The summed E-state index contributed by atoms with van der Waals surface area (Å²) in [5.41, 5.74) is 3.09. The quantitative estimate of drug-likeness (QED) is 0.217. The highest BCUT2D eigenvalue weighted by Crippen LogP contribution is 2.26. The molecule has 42 heavy (non-hydrogen) atoms. The number of hydrogen-bond donors (Lipinski definition) is 1. The number of carbonyl (C=O) groups is 2. The van der Waals surface area contributed by atoms with E-state index in [0.29, 0.717) is 5.69 Å². The van der Waals surface area contributed by atoms with Gasteiger partial charge in [0.05, 0.1) is 10.6 Å². The largest absolute Gasteiger partial charge is 0.357 e. The van der Waals surface area contributed by atoms with Gasteiger partial charge in [0.2, 0.25) is 11.8 Å². The molecule has 0 spiro atoms. The lowest BCUT2D eigenvalue weighted by molar-refractivity contribution is -0.139. The molecule has 0 saturated heterocycles. The van der Waals surface area contributed by atoms with Gasteiger partial charge >= 0.3 is 0 Å². The van der Waals surface area contributed by atoms with Gasteiger partial charge in [0.15, 0.2) is 0 Å². The highest BCUT2D eigenvalue weighted by Gasteiger charge is 2.34. The molecule has 4 aromatic rings. The van der Waals surface area contributed by atoms with Crippen molar-refractivity contribution in [3.63, 3.8) is 0 Å². The number of anilines is 1. The number of sulfonamides is 1. The molecular weight excluding hydrogens is 614 g/mol. The molecule has 7 nitrogen and oxygen atoms in total. The molecule has 9 heteroatoms. The molecule has 0 aromatic heterocycles. The standard InChI is InChI=1S/C33H34BrN3O4S/c1-3-25-16-20-29(21-17-25)37(42(40,41)30-12-8-5-9-13-30)24-32(38)36(23-27-14-18-28(34)19-15-27)31(33(39)35-2)22-26-10-6-4-7-11-26/h4-21,31H,3,22-24H2,1-2H3,(H,35,39)/t31-/m0/s1. The molecule has 218 valence electrons. The second-order valence-electron chi connectivity index (χ2n) is 9.81. The number of nitrogens with zero attached hydrogens (tertiary/aromatic N) is 2. The molecule has 1 N–H and O–H groups in total. The van der Waals surface area contributed by atoms with Crippen LogP contribution < -0.4 is 9.62 Å². The van der Waals surface area contributed by atoms with Crippen molar-refractivity contribution in [1.29, 1.82) is 0 Å². The van der Waals surface area contributed by atoms with E-state index in [4.69, 9.17) is 0 Å². The number of hydrogen-bond acceptors (Lipinski definition) is 4. The predicted molar refractivity (Wildman–Crippen MR) is 169 cm³/mol. The maximum absolute atomic E-state index is 14.3. The Hall–Kier alpha value is -3.95. The van der Waals surface area contributed by atoms with Crippen molar-refractivity contribution in [3.8, 4) is 0 Å². The molecular formula is C33H34BrN3O4S. The SMILES string of the molecule is CCc1ccc(N(CC(=O)N(Cc2ccc(Br)cc2)[C@@H](Cc2ccccc2)C(=O)NC)S(=O)(=O)c2ccccc2)cc1. The smallest absolute Gasteiger partial charge is 0.264 e. The van der Waals surface area contributed by atoms with E-state index >= 15 is 0 Å². The third-order valence-electron chi connectivity index (χ3n) is 7.03. The molecule has 2 amide bonds. The van der Waals surface area contributed by atoms with Crippen LogP contribution in [0.4, 0.5) is 5.69 Å². The van der Waals surface area contributed by atoms with Crippen LogP contribution in [-0.4, -0.2) is 44.8 Å². The molecule has 4 rings (SSSR count). The Morgan fingerprint density at radius 2 is 1.36 bits per heavy atom. The minimum Gasteiger partial charge on any atom is -0.357 e. The zero-order chi connectivity index (χ0) is 30.1. The van der Waals surface area contributed by atoms with Gasteiger partial charge < -0.3 is 10.2 Å². The molecule has 0 aliphatic heterocycles. The fourth-order valence-corrected chi connectivity index (χ4v) is 6.35. The predicted octanol–water partition coefficient (Wildman–Crippen LogP) is 5.59. The van der Waals surface area contributed by atoms with Crippen molar-refractivity contribution in [2.75, 3.05) is 17.9 Å². The lowest BCUT2D eigenvalue weighted by Gasteiger charge is -2.33. The Labute approximate surface area is 256 Å². The summed E-state index contributed by atoms with van der Waals surface area (Å²) >= 11 is 3.44. The highest BCUT2D eigenvalue weighted by molar-refractivity contribution is 9.10. The van der Waals surface area contributed by atoms with E-state index in [-0.39, 0.29) is 23.8 Å². The number of halogens is 1. The van der Waals surface area contributed by atoms with Gasteiger partial charge in [-0.25, -0.2) is 8.42 Å². The summed E-state index contributed by atoms with van der Waals surface area (Å²) in [6.07, 6.45) is 1.05. The van der Waals surface area contributed by atoms with Crippen molar-refractivity contribution in [1.82, 2.24) is 10.2 Å².